The van der Waals surface area contributed by atoms with E-state index in [0.717, 1.165) is 33.7 Å². The lowest BCUT2D eigenvalue weighted by molar-refractivity contribution is 0.414. The summed E-state index contributed by atoms with van der Waals surface area (Å²) in [6.45, 7) is 0. The largest absolute Gasteiger partial charge is 0.497 e. The van der Waals surface area contributed by atoms with Gasteiger partial charge in [0.15, 0.2) is 11.0 Å². The number of aromatic nitrogens is 3. The Kier molecular flexibility index (Phi) is 5.66. The van der Waals surface area contributed by atoms with Gasteiger partial charge in [-0.25, -0.2) is 0 Å². The van der Waals surface area contributed by atoms with Gasteiger partial charge in [0.05, 0.1) is 7.11 Å². The number of nitrogens with zero attached hydrogens (tertiary/aromatic N) is 3. The van der Waals surface area contributed by atoms with Crippen molar-refractivity contribution >= 4 is 35.0 Å². The Balaban J connectivity index is 2.08. The summed E-state index contributed by atoms with van der Waals surface area (Å²) in [6.07, 6.45) is 0. The van der Waals surface area contributed by atoms with E-state index < -0.39 is 0 Å². The summed E-state index contributed by atoms with van der Waals surface area (Å²) in [5.74, 6) is 2.87. The van der Waals surface area contributed by atoms with Crippen molar-refractivity contribution in [2.75, 3.05) is 18.7 Å². The molecule has 0 unspecified atom stereocenters. The van der Waals surface area contributed by atoms with Crippen LogP contribution in [0.1, 0.15) is 0 Å². The second-order valence-corrected chi connectivity index (χ2v) is 6.76. The molecule has 0 saturated carbocycles. The number of benzene rings is 2. The van der Waals surface area contributed by atoms with Gasteiger partial charge in [-0.2, -0.15) is 0 Å². The molecule has 0 bridgehead atoms. The third-order valence-corrected chi connectivity index (χ3v) is 4.97. The lowest BCUT2D eigenvalue weighted by Crippen LogP contribution is -2.00. The topological polar surface area (TPSA) is 39.9 Å². The third-order valence-electron chi connectivity index (χ3n) is 3.37. The maximum absolute atomic E-state index is 5.99. The normalized spacial score (nSPS) is 10.8. The Morgan fingerprint density at radius 1 is 1.04 bits per heavy atom. The quantitative estimate of drug-likeness (QED) is 0.449. The number of hydrogen-bond donors (Lipinski definition) is 0. The number of thioether (sulfide) groups is 1. The predicted octanol–water partition coefficient (Wildman–Crippen LogP) is 4.93. The molecular weight excluding hydrogens is 365 g/mol. The zero-order chi connectivity index (χ0) is 16.9. The minimum Gasteiger partial charge on any atom is -0.497 e. The van der Waals surface area contributed by atoms with Gasteiger partial charge in [-0.05, 0) is 48.5 Å². The number of alkyl halides is 1. The second kappa shape index (κ2) is 7.92. The highest BCUT2D eigenvalue weighted by atomic mass is 35.5. The smallest absolute Gasteiger partial charge is 0.196 e. The van der Waals surface area contributed by atoms with Crippen LogP contribution in [0.2, 0.25) is 5.02 Å². The molecule has 1 aromatic heterocycles. The van der Waals surface area contributed by atoms with E-state index in [-0.39, 0.29) is 0 Å². The first-order chi connectivity index (χ1) is 11.7. The van der Waals surface area contributed by atoms with Crippen LogP contribution in [0.15, 0.2) is 53.7 Å². The van der Waals surface area contributed by atoms with Crippen molar-refractivity contribution in [1.82, 2.24) is 14.8 Å². The molecule has 0 fully saturated rings. The van der Waals surface area contributed by atoms with E-state index in [4.69, 9.17) is 27.9 Å². The van der Waals surface area contributed by atoms with E-state index in [9.17, 15) is 0 Å². The molecule has 0 aliphatic rings. The first-order valence-electron chi connectivity index (χ1n) is 7.27. The van der Waals surface area contributed by atoms with Gasteiger partial charge in [0.2, 0.25) is 0 Å². The maximum atomic E-state index is 5.99. The molecule has 0 saturated heterocycles. The van der Waals surface area contributed by atoms with Crippen molar-refractivity contribution in [2.24, 2.45) is 0 Å². The van der Waals surface area contributed by atoms with Crippen molar-refractivity contribution in [3.8, 4) is 22.8 Å². The molecule has 1 heterocycles. The van der Waals surface area contributed by atoms with Crippen LogP contribution < -0.4 is 4.74 Å². The van der Waals surface area contributed by atoms with Crippen LogP contribution in [0, 0.1) is 0 Å². The molecule has 124 valence electrons. The van der Waals surface area contributed by atoms with E-state index in [1.54, 1.807) is 18.9 Å². The van der Waals surface area contributed by atoms with E-state index in [1.165, 1.54) is 0 Å². The molecule has 0 radical (unpaired) electrons. The molecule has 0 aliphatic heterocycles. The zero-order valence-electron chi connectivity index (χ0n) is 12.9. The number of hydrogen-bond acceptors (Lipinski definition) is 4. The number of halogens is 2. The van der Waals surface area contributed by atoms with Crippen molar-refractivity contribution in [2.45, 2.75) is 5.16 Å². The molecule has 3 aromatic rings. The van der Waals surface area contributed by atoms with E-state index in [2.05, 4.69) is 10.2 Å². The van der Waals surface area contributed by atoms with Gasteiger partial charge in [0, 0.05) is 27.9 Å². The predicted molar refractivity (Wildman–Crippen MR) is 99.8 cm³/mol. The summed E-state index contributed by atoms with van der Waals surface area (Å²) in [6, 6.07) is 15.3. The summed E-state index contributed by atoms with van der Waals surface area (Å²) in [5, 5.41) is 10.2. The van der Waals surface area contributed by atoms with Crippen LogP contribution in [-0.2, 0) is 0 Å². The molecule has 0 spiro atoms. The Labute approximate surface area is 154 Å². The summed E-state index contributed by atoms with van der Waals surface area (Å²) in [5.41, 5.74) is 1.91. The molecule has 3 rings (SSSR count). The van der Waals surface area contributed by atoms with Crippen LogP contribution in [0.5, 0.6) is 5.75 Å². The first kappa shape index (κ1) is 17.1. The molecule has 24 heavy (non-hydrogen) atoms. The van der Waals surface area contributed by atoms with Gasteiger partial charge in [0.25, 0.3) is 0 Å². The molecule has 0 N–H and O–H groups in total. The van der Waals surface area contributed by atoms with Gasteiger partial charge in [0.1, 0.15) is 5.75 Å². The maximum Gasteiger partial charge on any atom is 0.196 e. The summed E-state index contributed by atoms with van der Waals surface area (Å²) >= 11 is 13.4. The van der Waals surface area contributed by atoms with Gasteiger partial charge in [-0.3, -0.25) is 4.57 Å². The van der Waals surface area contributed by atoms with Gasteiger partial charge >= 0.3 is 0 Å². The fraction of sp³-hybridized carbons (Fsp3) is 0.176. The van der Waals surface area contributed by atoms with E-state index >= 15 is 0 Å². The van der Waals surface area contributed by atoms with Crippen molar-refractivity contribution in [3.63, 3.8) is 0 Å². The zero-order valence-corrected chi connectivity index (χ0v) is 15.3. The minimum atomic E-state index is 0.552. The Hall–Kier alpha value is -1.69. The molecule has 4 nitrogen and oxygen atoms in total. The molecule has 2 aromatic carbocycles. The Morgan fingerprint density at radius 3 is 2.38 bits per heavy atom. The molecular formula is C17H15Cl2N3OS. The van der Waals surface area contributed by atoms with Crippen LogP contribution in [0.3, 0.4) is 0 Å². The summed E-state index contributed by atoms with van der Waals surface area (Å²) in [7, 11) is 1.65. The highest BCUT2D eigenvalue weighted by molar-refractivity contribution is 7.99. The fourth-order valence-electron chi connectivity index (χ4n) is 2.24. The van der Waals surface area contributed by atoms with Crippen LogP contribution in [0.25, 0.3) is 17.1 Å². The van der Waals surface area contributed by atoms with Crippen LogP contribution in [-0.4, -0.2) is 33.5 Å². The first-order valence-corrected chi connectivity index (χ1v) is 9.17. The van der Waals surface area contributed by atoms with Gasteiger partial charge in [-0.1, -0.05) is 23.4 Å². The van der Waals surface area contributed by atoms with E-state index in [1.807, 2.05) is 53.1 Å². The van der Waals surface area contributed by atoms with Crippen molar-refractivity contribution in [3.05, 3.63) is 53.6 Å². The highest BCUT2D eigenvalue weighted by Crippen LogP contribution is 2.29. The lowest BCUT2D eigenvalue weighted by atomic mass is 10.2. The highest BCUT2D eigenvalue weighted by Gasteiger charge is 2.16. The average molecular weight is 380 g/mol. The molecule has 0 atom stereocenters. The van der Waals surface area contributed by atoms with Crippen LogP contribution in [0.4, 0.5) is 0 Å². The number of rotatable bonds is 6. The van der Waals surface area contributed by atoms with Gasteiger partial charge in [-0.15, -0.1) is 21.8 Å². The Bertz CT molecular complexity index is 804. The SMILES string of the molecule is COc1ccc(-n2c(SCCCl)nnc2-c2ccc(Cl)cc2)cc1. The van der Waals surface area contributed by atoms with Crippen molar-refractivity contribution in [1.29, 1.82) is 0 Å². The van der Waals surface area contributed by atoms with Crippen LogP contribution >= 0.6 is 35.0 Å². The minimum absolute atomic E-state index is 0.552. The summed E-state index contributed by atoms with van der Waals surface area (Å²) < 4.78 is 7.25. The van der Waals surface area contributed by atoms with E-state index in [0.29, 0.717) is 10.9 Å². The standard InChI is InChI=1S/C17H15Cl2N3OS/c1-23-15-8-6-14(7-9-15)22-16(12-2-4-13(19)5-3-12)20-21-17(22)24-11-10-18/h2-9H,10-11H2,1H3. The molecule has 0 amide bonds. The number of methoxy groups -OCH3 is 1. The fourth-order valence-corrected chi connectivity index (χ4v) is 3.28. The Morgan fingerprint density at radius 2 is 1.75 bits per heavy atom. The monoisotopic (exact) mass is 379 g/mol. The molecule has 7 heteroatoms. The average Bonchev–Trinajstić information content (AvgIpc) is 3.04. The lowest BCUT2D eigenvalue weighted by Gasteiger charge is -2.11. The molecule has 0 aliphatic carbocycles. The third kappa shape index (κ3) is 3.69. The number of ether oxygens (including phenoxy) is 1. The second-order valence-electron chi connectivity index (χ2n) is 4.88. The summed E-state index contributed by atoms with van der Waals surface area (Å²) in [4.78, 5) is 0. The van der Waals surface area contributed by atoms with Crippen molar-refractivity contribution < 1.29 is 4.74 Å². The van der Waals surface area contributed by atoms with Gasteiger partial charge < -0.3 is 4.74 Å².